The monoisotopic (exact) mass is 357 g/mol. The Kier molecular flexibility index (Phi) is 3.57. The molecule has 0 aromatic carbocycles. The number of hydrogen-bond donors (Lipinski definition) is 0. The van der Waals surface area contributed by atoms with E-state index in [2.05, 4.69) is 24.9 Å². The van der Waals surface area contributed by atoms with Gasteiger partial charge < -0.3 is 13.3 Å². The van der Waals surface area contributed by atoms with Crippen LogP contribution in [0.2, 0.25) is 0 Å². The maximum atomic E-state index is 5.91. The molecule has 0 N–H and O–H groups in total. The molecule has 0 bridgehead atoms. The Hall–Kier alpha value is -4.07. The fourth-order valence-electron chi connectivity index (χ4n) is 2.63. The SMILES string of the molecule is c1ccc(-c2cnc(-c3cc(-c4cnco4)nc(-c4cnco4)c3)o2)nc1. The summed E-state index contributed by atoms with van der Waals surface area (Å²) in [5.41, 5.74) is 2.57. The van der Waals surface area contributed by atoms with Crippen molar-refractivity contribution in [2.45, 2.75) is 0 Å². The van der Waals surface area contributed by atoms with Crippen molar-refractivity contribution < 1.29 is 13.3 Å². The van der Waals surface area contributed by atoms with Gasteiger partial charge in [0.05, 0.1) is 18.6 Å². The minimum atomic E-state index is 0.430. The summed E-state index contributed by atoms with van der Waals surface area (Å²) >= 11 is 0. The zero-order chi connectivity index (χ0) is 18.1. The summed E-state index contributed by atoms with van der Waals surface area (Å²) in [6.07, 6.45) is 9.22. The largest absolute Gasteiger partial charge is 0.442 e. The fourth-order valence-corrected chi connectivity index (χ4v) is 2.63. The van der Waals surface area contributed by atoms with Crippen LogP contribution in [0.15, 0.2) is 81.2 Å². The summed E-state index contributed by atoms with van der Waals surface area (Å²) < 4.78 is 16.7. The second kappa shape index (κ2) is 6.34. The number of aromatic nitrogens is 5. The molecule has 0 spiro atoms. The van der Waals surface area contributed by atoms with Crippen molar-refractivity contribution >= 4 is 0 Å². The predicted octanol–water partition coefficient (Wildman–Crippen LogP) is 4.11. The minimum Gasteiger partial charge on any atom is -0.442 e. The van der Waals surface area contributed by atoms with E-state index in [4.69, 9.17) is 13.3 Å². The summed E-state index contributed by atoms with van der Waals surface area (Å²) in [6.45, 7) is 0. The van der Waals surface area contributed by atoms with Gasteiger partial charge >= 0.3 is 0 Å². The van der Waals surface area contributed by atoms with Crippen molar-refractivity contribution in [2.75, 3.05) is 0 Å². The molecule has 5 rings (SSSR count). The van der Waals surface area contributed by atoms with Gasteiger partial charge in [0, 0.05) is 11.8 Å². The Morgan fingerprint density at radius 2 is 1.44 bits per heavy atom. The number of rotatable bonds is 4. The molecule has 5 heterocycles. The number of nitrogens with zero attached hydrogens (tertiary/aromatic N) is 5. The Morgan fingerprint density at radius 3 is 2.04 bits per heavy atom. The van der Waals surface area contributed by atoms with Gasteiger partial charge in [-0.25, -0.2) is 19.9 Å². The normalized spacial score (nSPS) is 11.0. The number of pyridine rings is 2. The average Bonchev–Trinajstić information content (AvgIpc) is 3.51. The maximum absolute atomic E-state index is 5.91. The van der Waals surface area contributed by atoms with E-state index >= 15 is 0 Å². The maximum Gasteiger partial charge on any atom is 0.226 e. The van der Waals surface area contributed by atoms with E-state index in [1.54, 1.807) is 24.8 Å². The highest BCUT2D eigenvalue weighted by Crippen LogP contribution is 2.31. The Balaban J connectivity index is 1.63. The molecule has 0 aliphatic rings. The van der Waals surface area contributed by atoms with Gasteiger partial charge in [0.1, 0.15) is 17.1 Å². The van der Waals surface area contributed by atoms with Gasteiger partial charge in [-0.3, -0.25) is 4.98 Å². The summed E-state index contributed by atoms with van der Waals surface area (Å²) in [5, 5.41) is 0. The molecule has 130 valence electrons. The molecule has 8 nitrogen and oxygen atoms in total. The van der Waals surface area contributed by atoms with Crippen LogP contribution in [0.1, 0.15) is 0 Å². The van der Waals surface area contributed by atoms with E-state index in [-0.39, 0.29) is 0 Å². The molecule has 0 amide bonds. The molecule has 0 fully saturated rings. The molecule has 5 aromatic heterocycles. The van der Waals surface area contributed by atoms with Gasteiger partial charge in [0.25, 0.3) is 0 Å². The third kappa shape index (κ3) is 2.89. The van der Waals surface area contributed by atoms with E-state index in [0.717, 1.165) is 0 Å². The molecule has 0 aliphatic carbocycles. The van der Waals surface area contributed by atoms with E-state index in [1.807, 2.05) is 30.3 Å². The molecular weight excluding hydrogens is 346 g/mol. The minimum absolute atomic E-state index is 0.430. The van der Waals surface area contributed by atoms with Crippen molar-refractivity contribution in [3.05, 3.63) is 67.9 Å². The Labute approximate surface area is 152 Å². The lowest BCUT2D eigenvalue weighted by Crippen LogP contribution is -1.89. The van der Waals surface area contributed by atoms with E-state index in [9.17, 15) is 0 Å². The first kappa shape index (κ1) is 15.2. The van der Waals surface area contributed by atoms with Crippen LogP contribution in [0.25, 0.3) is 45.8 Å². The van der Waals surface area contributed by atoms with Crippen molar-refractivity contribution in [3.8, 4) is 45.8 Å². The number of hydrogen-bond acceptors (Lipinski definition) is 8. The Morgan fingerprint density at radius 1 is 0.704 bits per heavy atom. The molecule has 27 heavy (non-hydrogen) atoms. The van der Waals surface area contributed by atoms with Crippen LogP contribution < -0.4 is 0 Å². The fraction of sp³-hybridized carbons (Fsp3) is 0. The molecule has 0 radical (unpaired) electrons. The van der Waals surface area contributed by atoms with Gasteiger partial charge in [-0.05, 0) is 24.3 Å². The highest BCUT2D eigenvalue weighted by molar-refractivity contribution is 5.70. The van der Waals surface area contributed by atoms with Crippen molar-refractivity contribution in [2.24, 2.45) is 0 Å². The summed E-state index contributed by atoms with van der Waals surface area (Å²) in [5.74, 6) is 2.05. The van der Waals surface area contributed by atoms with Crippen LogP contribution in [0.3, 0.4) is 0 Å². The van der Waals surface area contributed by atoms with E-state index in [1.165, 1.54) is 12.8 Å². The van der Waals surface area contributed by atoms with Gasteiger partial charge in [0.2, 0.25) is 5.89 Å². The third-order valence-corrected chi connectivity index (χ3v) is 3.86. The quantitative estimate of drug-likeness (QED) is 0.473. The zero-order valence-corrected chi connectivity index (χ0v) is 13.8. The van der Waals surface area contributed by atoms with Crippen LogP contribution in [0.5, 0.6) is 0 Å². The summed E-state index contributed by atoms with van der Waals surface area (Å²) in [6, 6.07) is 9.22. The van der Waals surface area contributed by atoms with Gasteiger partial charge in [0.15, 0.2) is 30.1 Å². The molecule has 0 atom stereocenters. The summed E-state index contributed by atoms with van der Waals surface area (Å²) in [7, 11) is 0. The van der Waals surface area contributed by atoms with Crippen LogP contribution in [0.4, 0.5) is 0 Å². The van der Waals surface area contributed by atoms with Crippen molar-refractivity contribution in [3.63, 3.8) is 0 Å². The van der Waals surface area contributed by atoms with E-state index < -0.39 is 0 Å². The van der Waals surface area contributed by atoms with Crippen LogP contribution in [-0.2, 0) is 0 Å². The standard InChI is InChI=1S/C19H11N5O3/c1-2-4-22-13(3-1)18-9-23-19(27-18)12-5-14(16-7-20-10-25-16)24-15(6-12)17-8-21-11-26-17/h1-11H. The molecule has 8 heteroatoms. The predicted molar refractivity (Wildman–Crippen MR) is 94.0 cm³/mol. The zero-order valence-electron chi connectivity index (χ0n) is 13.8. The average molecular weight is 357 g/mol. The lowest BCUT2D eigenvalue weighted by atomic mass is 10.1. The smallest absolute Gasteiger partial charge is 0.226 e. The highest BCUT2D eigenvalue weighted by atomic mass is 16.4. The Bertz CT molecular complexity index is 1110. The molecule has 0 saturated carbocycles. The molecule has 0 saturated heterocycles. The molecule has 0 aliphatic heterocycles. The van der Waals surface area contributed by atoms with Gasteiger partial charge in [-0.15, -0.1) is 0 Å². The van der Waals surface area contributed by atoms with Crippen LogP contribution in [-0.4, -0.2) is 24.9 Å². The van der Waals surface area contributed by atoms with Crippen LogP contribution in [0, 0.1) is 0 Å². The molecular formula is C19H11N5O3. The highest BCUT2D eigenvalue weighted by Gasteiger charge is 2.16. The molecule has 5 aromatic rings. The first-order chi connectivity index (χ1) is 13.4. The topological polar surface area (TPSA) is 104 Å². The van der Waals surface area contributed by atoms with Crippen molar-refractivity contribution in [1.29, 1.82) is 0 Å². The lowest BCUT2D eigenvalue weighted by molar-refractivity contribution is 0.565. The first-order valence-electron chi connectivity index (χ1n) is 8.04. The number of oxazole rings is 3. The van der Waals surface area contributed by atoms with Crippen molar-refractivity contribution in [1.82, 2.24) is 24.9 Å². The third-order valence-electron chi connectivity index (χ3n) is 3.86. The van der Waals surface area contributed by atoms with E-state index in [0.29, 0.717) is 45.8 Å². The summed E-state index contributed by atoms with van der Waals surface area (Å²) in [4.78, 5) is 21.1. The second-order valence-electron chi connectivity index (χ2n) is 5.60. The van der Waals surface area contributed by atoms with Gasteiger partial charge in [-0.1, -0.05) is 6.07 Å². The van der Waals surface area contributed by atoms with Crippen LogP contribution >= 0.6 is 0 Å². The molecule has 0 unspecified atom stereocenters. The first-order valence-corrected chi connectivity index (χ1v) is 8.04. The second-order valence-corrected chi connectivity index (χ2v) is 5.60. The lowest BCUT2D eigenvalue weighted by Gasteiger charge is -2.03. The van der Waals surface area contributed by atoms with Gasteiger partial charge in [-0.2, -0.15) is 0 Å².